The Morgan fingerprint density at radius 2 is 2.36 bits per heavy atom. The molecular formula is C15H15N3O2S2. The van der Waals surface area contributed by atoms with Crippen molar-refractivity contribution in [1.82, 2.24) is 14.9 Å². The Hall–Kier alpha value is -1.60. The van der Waals surface area contributed by atoms with Crippen LogP contribution in [0.1, 0.15) is 16.9 Å². The van der Waals surface area contributed by atoms with Gasteiger partial charge < -0.3 is 9.64 Å². The van der Waals surface area contributed by atoms with Crippen LogP contribution in [0.3, 0.4) is 0 Å². The Balaban J connectivity index is 1.33. The van der Waals surface area contributed by atoms with Crippen LogP contribution in [0.5, 0.6) is 5.75 Å². The molecule has 7 heteroatoms. The van der Waals surface area contributed by atoms with E-state index < -0.39 is 0 Å². The van der Waals surface area contributed by atoms with Gasteiger partial charge in [-0.25, -0.2) is 4.98 Å². The van der Waals surface area contributed by atoms with Crippen molar-refractivity contribution in [3.8, 4) is 5.75 Å². The molecule has 5 nitrogen and oxygen atoms in total. The van der Waals surface area contributed by atoms with Gasteiger partial charge in [0.25, 0.3) is 5.91 Å². The summed E-state index contributed by atoms with van der Waals surface area (Å²) in [5.41, 5.74) is 2.26. The first kappa shape index (κ1) is 14.0. The van der Waals surface area contributed by atoms with Crippen LogP contribution in [0, 0.1) is 0 Å². The molecule has 0 saturated carbocycles. The second-order valence-electron chi connectivity index (χ2n) is 5.66. The summed E-state index contributed by atoms with van der Waals surface area (Å²) in [4.78, 5) is 22.3. The van der Waals surface area contributed by atoms with Gasteiger partial charge in [0.15, 0.2) is 0 Å². The smallest absolute Gasteiger partial charge is 0.273 e. The minimum atomic E-state index is 0.0455. The molecule has 2 fully saturated rings. The second kappa shape index (κ2) is 5.55. The van der Waals surface area contributed by atoms with Crippen molar-refractivity contribution < 1.29 is 9.53 Å². The molecule has 0 N–H and O–H groups in total. The van der Waals surface area contributed by atoms with Gasteiger partial charge in [0.05, 0.1) is 16.5 Å². The minimum absolute atomic E-state index is 0.0455. The number of likely N-dealkylation sites (tertiary alicyclic amines) is 1. The number of pyridine rings is 1. The first-order valence-corrected chi connectivity index (χ1v) is 9.05. The van der Waals surface area contributed by atoms with Crippen LogP contribution in [0.4, 0.5) is 0 Å². The molecule has 2 aromatic rings. The summed E-state index contributed by atoms with van der Waals surface area (Å²) < 4.78 is 6.14. The highest BCUT2D eigenvalue weighted by atomic mass is 32.2. The molecule has 1 spiro atoms. The number of thiazole rings is 1. The molecule has 2 aliphatic heterocycles. The lowest BCUT2D eigenvalue weighted by Crippen LogP contribution is -2.60. The van der Waals surface area contributed by atoms with Gasteiger partial charge in [0.2, 0.25) is 0 Å². The fourth-order valence-electron chi connectivity index (χ4n) is 2.98. The SMILES string of the molecule is O=C(c1cscn1)N1CC2(C[C@@H](Oc3cccnc3)CS2)C1. The van der Waals surface area contributed by atoms with Gasteiger partial charge in [-0.05, 0) is 12.1 Å². The number of nitrogens with zero attached hydrogens (tertiary/aromatic N) is 3. The standard InChI is InChI=1S/C15H15N3O2S2/c19-14(13-7-21-10-17-13)18-8-15(9-18)4-12(6-22-15)20-11-2-1-3-16-5-11/h1-3,5,7,10,12H,4,6,8-9H2/t12-/m1/s1. The van der Waals surface area contributed by atoms with Crippen molar-refractivity contribution in [2.75, 3.05) is 18.8 Å². The lowest BCUT2D eigenvalue weighted by molar-refractivity contribution is 0.0513. The van der Waals surface area contributed by atoms with Crippen molar-refractivity contribution in [3.63, 3.8) is 0 Å². The molecule has 0 unspecified atom stereocenters. The summed E-state index contributed by atoms with van der Waals surface area (Å²) in [6, 6.07) is 3.81. The molecular weight excluding hydrogens is 318 g/mol. The van der Waals surface area contributed by atoms with E-state index in [1.165, 1.54) is 11.3 Å². The average Bonchev–Trinajstić information content (AvgIpc) is 3.16. The molecule has 2 saturated heterocycles. The van der Waals surface area contributed by atoms with E-state index in [4.69, 9.17) is 4.74 Å². The topological polar surface area (TPSA) is 55.3 Å². The third kappa shape index (κ3) is 2.59. The molecule has 1 amide bonds. The summed E-state index contributed by atoms with van der Waals surface area (Å²) in [7, 11) is 0. The fourth-order valence-corrected chi connectivity index (χ4v) is 5.03. The van der Waals surface area contributed by atoms with Crippen LogP contribution in [0.25, 0.3) is 0 Å². The van der Waals surface area contributed by atoms with Crippen LogP contribution >= 0.6 is 23.1 Å². The van der Waals surface area contributed by atoms with Crippen molar-refractivity contribution in [2.24, 2.45) is 0 Å². The Morgan fingerprint density at radius 1 is 1.45 bits per heavy atom. The second-order valence-corrected chi connectivity index (χ2v) is 7.87. The number of amides is 1. The van der Waals surface area contributed by atoms with E-state index in [0.717, 1.165) is 31.0 Å². The zero-order chi connectivity index (χ0) is 15.0. The van der Waals surface area contributed by atoms with Crippen LogP contribution in [-0.2, 0) is 0 Å². The summed E-state index contributed by atoms with van der Waals surface area (Å²) in [6.45, 7) is 1.59. The van der Waals surface area contributed by atoms with Crippen molar-refractivity contribution in [2.45, 2.75) is 17.3 Å². The molecule has 22 heavy (non-hydrogen) atoms. The van der Waals surface area contributed by atoms with E-state index in [1.807, 2.05) is 34.2 Å². The van der Waals surface area contributed by atoms with Crippen LogP contribution < -0.4 is 4.74 Å². The number of hydrogen-bond acceptors (Lipinski definition) is 6. The normalized spacial score (nSPS) is 22.5. The van der Waals surface area contributed by atoms with Crippen LogP contribution in [-0.4, -0.2) is 50.5 Å². The molecule has 2 aromatic heterocycles. The molecule has 1 atom stereocenters. The van der Waals surface area contributed by atoms with Crippen molar-refractivity contribution >= 4 is 29.0 Å². The quantitative estimate of drug-likeness (QED) is 0.863. The molecule has 4 rings (SSSR count). The predicted molar refractivity (Wildman–Crippen MR) is 86.5 cm³/mol. The zero-order valence-electron chi connectivity index (χ0n) is 11.8. The van der Waals surface area contributed by atoms with Crippen LogP contribution in [0.2, 0.25) is 0 Å². The summed E-state index contributed by atoms with van der Waals surface area (Å²) >= 11 is 3.38. The summed E-state index contributed by atoms with van der Waals surface area (Å²) in [5.74, 6) is 1.83. The summed E-state index contributed by atoms with van der Waals surface area (Å²) in [6.07, 6.45) is 4.67. The van der Waals surface area contributed by atoms with Gasteiger partial charge in [-0.1, -0.05) is 0 Å². The average molecular weight is 333 g/mol. The van der Waals surface area contributed by atoms with E-state index in [1.54, 1.807) is 17.9 Å². The number of carbonyl (C=O) groups excluding carboxylic acids is 1. The Morgan fingerprint density at radius 3 is 3.09 bits per heavy atom. The molecule has 114 valence electrons. The monoisotopic (exact) mass is 333 g/mol. The van der Waals surface area contributed by atoms with Gasteiger partial charge >= 0.3 is 0 Å². The zero-order valence-corrected chi connectivity index (χ0v) is 13.5. The largest absolute Gasteiger partial charge is 0.488 e. The van der Waals surface area contributed by atoms with Gasteiger partial charge in [0, 0.05) is 36.8 Å². The maximum absolute atomic E-state index is 12.2. The molecule has 0 aliphatic carbocycles. The van der Waals surface area contributed by atoms with E-state index in [-0.39, 0.29) is 16.8 Å². The van der Waals surface area contributed by atoms with E-state index in [2.05, 4.69) is 9.97 Å². The Bertz CT molecular complexity index is 657. The highest BCUT2D eigenvalue weighted by Gasteiger charge is 2.51. The molecule has 2 aliphatic rings. The molecule has 4 heterocycles. The third-order valence-electron chi connectivity index (χ3n) is 4.01. The molecule has 0 radical (unpaired) electrons. The lowest BCUT2D eigenvalue weighted by Gasteiger charge is -2.47. The van der Waals surface area contributed by atoms with Crippen molar-refractivity contribution in [1.29, 1.82) is 0 Å². The van der Waals surface area contributed by atoms with Gasteiger partial charge in [-0.2, -0.15) is 0 Å². The molecule has 0 aromatic carbocycles. The Kier molecular flexibility index (Phi) is 3.54. The van der Waals surface area contributed by atoms with Gasteiger partial charge in [0.1, 0.15) is 17.5 Å². The first-order valence-electron chi connectivity index (χ1n) is 7.12. The maximum Gasteiger partial charge on any atom is 0.273 e. The van der Waals surface area contributed by atoms with E-state index >= 15 is 0 Å². The van der Waals surface area contributed by atoms with Crippen LogP contribution in [0.15, 0.2) is 35.4 Å². The molecule has 0 bridgehead atoms. The fraction of sp³-hybridized carbons (Fsp3) is 0.400. The number of rotatable bonds is 3. The third-order valence-corrected chi connectivity index (χ3v) is 6.17. The predicted octanol–water partition coefficient (Wildman–Crippen LogP) is 2.32. The highest BCUT2D eigenvalue weighted by Crippen LogP contribution is 2.46. The number of ether oxygens (including phenoxy) is 1. The number of hydrogen-bond donors (Lipinski definition) is 0. The van der Waals surface area contributed by atoms with E-state index in [9.17, 15) is 4.79 Å². The van der Waals surface area contributed by atoms with Gasteiger partial charge in [-0.15, -0.1) is 23.1 Å². The minimum Gasteiger partial charge on any atom is -0.488 e. The highest BCUT2D eigenvalue weighted by molar-refractivity contribution is 8.01. The Labute approximate surface area is 136 Å². The summed E-state index contributed by atoms with van der Waals surface area (Å²) in [5, 5.41) is 1.81. The lowest BCUT2D eigenvalue weighted by atomic mass is 9.92. The number of carbonyl (C=O) groups is 1. The van der Waals surface area contributed by atoms with E-state index in [0.29, 0.717) is 5.69 Å². The first-order chi connectivity index (χ1) is 10.7. The van der Waals surface area contributed by atoms with Crippen molar-refractivity contribution in [3.05, 3.63) is 41.1 Å². The number of thioether (sulfide) groups is 1. The van der Waals surface area contributed by atoms with Gasteiger partial charge in [-0.3, -0.25) is 9.78 Å². The maximum atomic E-state index is 12.2. The number of aromatic nitrogens is 2.